The summed E-state index contributed by atoms with van der Waals surface area (Å²) in [5.74, 6) is 0. The molecule has 26 heavy (non-hydrogen) atoms. The lowest BCUT2D eigenvalue weighted by atomic mass is 10.0. The van der Waals surface area contributed by atoms with E-state index >= 15 is 0 Å². The van der Waals surface area contributed by atoms with Gasteiger partial charge in [0.1, 0.15) is 5.65 Å². The van der Waals surface area contributed by atoms with Crippen LogP contribution >= 0.6 is 11.3 Å². The summed E-state index contributed by atoms with van der Waals surface area (Å²) in [7, 11) is 0. The zero-order valence-corrected chi connectivity index (χ0v) is 14.4. The first-order chi connectivity index (χ1) is 12.9. The summed E-state index contributed by atoms with van der Waals surface area (Å²) < 4.78 is 4.92. The lowest BCUT2D eigenvalue weighted by Crippen LogP contribution is -1.95. The number of imidazole rings is 1. The smallest absolute Gasteiger partial charge is 0.148 e. The minimum atomic E-state index is 1.000. The number of hydrogen-bond acceptors (Lipinski definition) is 3. The molecule has 0 aliphatic carbocycles. The van der Waals surface area contributed by atoms with Crippen LogP contribution in [0.15, 0.2) is 66.9 Å². The number of aromatic nitrogens is 3. The molecule has 3 nitrogen and oxygen atoms in total. The monoisotopic (exact) mass is 349 g/mol. The number of hydrogen-bond donors (Lipinski definition) is 0. The Bertz CT molecular complexity index is 1630. The summed E-state index contributed by atoms with van der Waals surface area (Å²) in [6.07, 6.45) is 1.88. The quantitative estimate of drug-likeness (QED) is 0.248. The Balaban J connectivity index is 2.01. The molecule has 0 spiro atoms. The molecular formula is C22H11N3S. The highest BCUT2D eigenvalue weighted by Gasteiger charge is 2.20. The van der Waals surface area contributed by atoms with Crippen LogP contribution in [0.25, 0.3) is 58.7 Å². The molecule has 0 radical (unpaired) electrons. The van der Waals surface area contributed by atoms with E-state index < -0.39 is 0 Å². The van der Waals surface area contributed by atoms with Gasteiger partial charge >= 0.3 is 0 Å². The molecule has 0 aliphatic heterocycles. The Morgan fingerprint density at radius 2 is 1.73 bits per heavy atom. The number of benzene rings is 3. The maximum Gasteiger partial charge on any atom is 0.148 e. The van der Waals surface area contributed by atoms with Crippen LogP contribution in [0.2, 0.25) is 0 Å². The molecule has 4 heterocycles. The first-order valence-electron chi connectivity index (χ1n) is 8.61. The molecule has 4 aromatic heterocycles. The molecule has 7 aromatic rings. The summed E-state index contributed by atoms with van der Waals surface area (Å²) in [4.78, 5) is 9.71. The molecule has 0 unspecified atom stereocenters. The van der Waals surface area contributed by atoms with E-state index in [0.717, 1.165) is 22.1 Å². The Kier molecular flexibility index (Phi) is 2.15. The van der Waals surface area contributed by atoms with Gasteiger partial charge in [-0.25, -0.2) is 4.98 Å². The summed E-state index contributed by atoms with van der Waals surface area (Å²) in [6, 6.07) is 21.4. The minimum Gasteiger partial charge on any atom is -0.289 e. The third kappa shape index (κ3) is 1.38. The maximum atomic E-state index is 4.98. The largest absolute Gasteiger partial charge is 0.289 e. The van der Waals surface area contributed by atoms with Crippen LogP contribution in [-0.2, 0) is 0 Å². The SMILES string of the molecule is c1ccc2c(c1)cc1c3ncccc3c3nc4cccc5sc2c1n3c45. The third-order valence-corrected chi connectivity index (χ3v) is 6.52. The summed E-state index contributed by atoms with van der Waals surface area (Å²) >= 11 is 1.85. The van der Waals surface area contributed by atoms with Crippen molar-refractivity contribution in [1.82, 2.24) is 14.4 Å². The van der Waals surface area contributed by atoms with E-state index in [1.54, 1.807) is 0 Å². The van der Waals surface area contributed by atoms with Crippen molar-refractivity contribution in [1.29, 1.82) is 0 Å². The van der Waals surface area contributed by atoms with Crippen molar-refractivity contribution in [3.8, 4) is 0 Å². The highest BCUT2D eigenvalue weighted by atomic mass is 32.1. The average molecular weight is 349 g/mol. The Morgan fingerprint density at radius 3 is 2.73 bits per heavy atom. The molecule has 0 N–H and O–H groups in total. The molecule has 0 saturated carbocycles. The van der Waals surface area contributed by atoms with Crippen molar-refractivity contribution in [2.45, 2.75) is 0 Å². The maximum absolute atomic E-state index is 4.98. The number of nitrogens with zero attached hydrogens (tertiary/aromatic N) is 3. The van der Waals surface area contributed by atoms with Crippen LogP contribution in [0.3, 0.4) is 0 Å². The van der Waals surface area contributed by atoms with E-state index in [1.807, 2.05) is 23.6 Å². The van der Waals surface area contributed by atoms with E-state index in [1.165, 1.54) is 36.6 Å². The lowest BCUT2D eigenvalue weighted by Gasteiger charge is -2.14. The van der Waals surface area contributed by atoms with Gasteiger partial charge in [0.2, 0.25) is 0 Å². The normalized spacial score (nSPS) is 12.6. The first kappa shape index (κ1) is 13.0. The van der Waals surface area contributed by atoms with Gasteiger partial charge in [0.05, 0.1) is 31.5 Å². The fraction of sp³-hybridized carbons (Fsp3) is 0. The van der Waals surface area contributed by atoms with Crippen molar-refractivity contribution in [2.75, 3.05) is 0 Å². The van der Waals surface area contributed by atoms with Crippen LogP contribution in [0.4, 0.5) is 0 Å². The van der Waals surface area contributed by atoms with Crippen LogP contribution in [0, 0.1) is 0 Å². The number of pyridine rings is 2. The first-order valence-corrected chi connectivity index (χ1v) is 9.43. The molecule has 3 aromatic carbocycles. The van der Waals surface area contributed by atoms with Gasteiger partial charge in [-0.15, -0.1) is 11.3 Å². The van der Waals surface area contributed by atoms with E-state index in [0.29, 0.717) is 0 Å². The van der Waals surface area contributed by atoms with Crippen molar-refractivity contribution in [2.24, 2.45) is 0 Å². The summed E-state index contributed by atoms with van der Waals surface area (Å²) in [5, 5.41) is 4.85. The topological polar surface area (TPSA) is 30.2 Å². The van der Waals surface area contributed by atoms with Crippen molar-refractivity contribution < 1.29 is 0 Å². The van der Waals surface area contributed by atoms with Crippen molar-refractivity contribution in [3.05, 3.63) is 66.9 Å². The molecule has 0 aliphatic rings. The van der Waals surface area contributed by atoms with Gasteiger partial charge in [-0.1, -0.05) is 30.3 Å². The number of rotatable bonds is 0. The predicted octanol–water partition coefficient (Wildman–Crippen LogP) is 5.99. The average Bonchev–Trinajstić information content (AvgIpc) is 3.09. The van der Waals surface area contributed by atoms with E-state index in [4.69, 9.17) is 9.97 Å². The van der Waals surface area contributed by atoms with Crippen molar-refractivity contribution >= 4 is 70.0 Å². The van der Waals surface area contributed by atoms with Gasteiger partial charge < -0.3 is 0 Å². The van der Waals surface area contributed by atoms with Gasteiger partial charge in [0.15, 0.2) is 0 Å². The van der Waals surface area contributed by atoms with E-state index in [-0.39, 0.29) is 0 Å². The fourth-order valence-corrected chi connectivity index (χ4v) is 5.55. The zero-order valence-electron chi connectivity index (χ0n) is 13.6. The Morgan fingerprint density at radius 1 is 0.808 bits per heavy atom. The fourth-order valence-electron chi connectivity index (χ4n) is 4.30. The Labute approximate surface area is 151 Å². The van der Waals surface area contributed by atoms with E-state index in [2.05, 4.69) is 59.0 Å². The van der Waals surface area contributed by atoms with Crippen LogP contribution in [-0.4, -0.2) is 14.4 Å². The lowest BCUT2D eigenvalue weighted by molar-refractivity contribution is 1.32. The van der Waals surface area contributed by atoms with Gasteiger partial charge in [0, 0.05) is 22.4 Å². The third-order valence-electron chi connectivity index (χ3n) is 5.35. The molecule has 0 atom stereocenters. The second-order valence-electron chi connectivity index (χ2n) is 6.72. The highest BCUT2D eigenvalue weighted by molar-refractivity contribution is 7.25. The Hall–Kier alpha value is -3.24. The summed E-state index contributed by atoms with van der Waals surface area (Å²) in [5.41, 5.74) is 5.52. The summed E-state index contributed by atoms with van der Waals surface area (Å²) in [6.45, 7) is 0. The zero-order chi connectivity index (χ0) is 16.8. The highest BCUT2D eigenvalue weighted by Crippen LogP contribution is 2.42. The molecule has 0 amide bonds. The second kappa shape index (κ2) is 4.29. The van der Waals surface area contributed by atoms with E-state index in [9.17, 15) is 0 Å². The molecule has 7 rings (SSSR count). The molecular weight excluding hydrogens is 338 g/mol. The molecule has 0 bridgehead atoms. The van der Waals surface area contributed by atoms with Crippen LogP contribution in [0.1, 0.15) is 0 Å². The van der Waals surface area contributed by atoms with Gasteiger partial charge in [-0.2, -0.15) is 0 Å². The van der Waals surface area contributed by atoms with Gasteiger partial charge in [0.25, 0.3) is 0 Å². The molecule has 4 heteroatoms. The van der Waals surface area contributed by atoms with Crippen LogP contribution in [0.5, 0.6) is 0 Å². The van der Waals surface area contributed by atoms with Gasteiger partial charge in [-0.3, -0.25) is 9.38 Å². The predicted molar refractivity (Wildman–Crippen MR) is 110 cm³/mol. The molecule has 120 valence electrons. The standard InChI is InChI=1S/C22H11N3S/c1-2-6-13-12(5-1)11-15-18-14(7-4-10-23-18)22-24-16-8-3-9-17-20(16)25(22)19(15)21(13)26-17/h1-11H. The number of fused-ring (bicyclic) bond motifs is 5. The molecule has 0 fully saturated rings. The minimum absolute atomic E-state index is 1.000. The number of para-hydroxylation sites is 1. The van der Waals surface area contributed by atoms with Crippen molar-refractivity contribution in [3.63, 3.8) is 0 Å². The van der Waals surface area contributed by atoms with Gasteiger partial charge in [-0.05, 0) is 35.7 Å². The second-order valence-corrected chi connectivity index (χ2v) is 7.77. The van der Waals surface area contributed by atoms with Crippen LogP contribution < -0.4 is 0 Å². The molecule has 0 saturated heterocycles.